The average Bonchev–Trinajstić information content (AvgIpc) is 2.73. The summed E-state index contributed by atoms with van der Waals surface area (Å²) in [6.07, 6.45) is 3.18. The Balaban J connectivity index is 1.60. The van der Waals surface area contributed by atoms with Crippen LogP contribution in [-0.2, 0) is 0 Å². The van der Waals surface area contributed by atoms with E-state index in [1.807, 2.05) is 30.3 Å². The number of hydrogen-bond acceptors (Lipinski definition) is 7. The van der Waals surface area contributed by atoms with E-state index in [9.17, 15) is 5.26 Å². The molecule has 1 aliphatic heterocycles. The van der Waals surface area contributed by atoms with E-state index in [-0.39, 0.29) is 0 Å². The van der Waals surface area contributed by atoms with E-state index in [2.05, 4.69) is 30.8 Å². The highest BCUT2D eigenvalue weighted by Gasteiger charge is 2.22. The third kappa shape index (κ3) is 2.86. The average molecular weight is 346 g/mol. The summed E-state index contributed by atoms with van der Waals surface area (Å²) in [6, 6.07) is 12.1. The minimum absolute atomic E-state index is 0.560. The highest BCUT2D eigenvalue weighted by atomic mass is 16.5. The zero-order chi connectivity index (χ0) is 17.9. The molecule has 0 aliphatic carbocycles. The molecule has 3 heterocycles. The highest BCUT2D eigenvalue weighted by Crippen LogP contribution is 2.30. The highest BCUT2D eigenvalue weighted by molar-refractivity contribution is 5.94. The van der Waals surface area contributed by atoms with Crippen molar-refractivity contribution in [1.82, 2.24) is 15.0 Å². The second kappa shape index (κ2) is 6.84. The molecule has 26 heavy (non-hydrogen) atoms. The maximum atomic E-state index is 9.54. The predicted molar refractivity (Wildman–Crippen MR) is 99.5 cm³/mol. The monoisotopic (exact) mass is 346 g/mol. The van der Waals surface area contributed by atoms with Gasteiger partial charge in [-0.05, 0) is 6.07 Å². The van der Waals surface area contributed by atoms with Crippen LogP contribution in [0.2, 0.25) is 0 Å². The first kappa shape index (κ1) is 16.1. The number of pyridine rings is 1. The van der Waals surface area contributed by atoms with E-state index in [1.165, 1.54) is 6.33 Å². The maximum absolute atomic E-state index is 9.54. The second-order valence-corrected chi connectivity index (χ2v) is 6.04. The summed E-state index contributed by atoms with van der Waals surface area (Å²) >= 11 is 0. The van der Waals surface area contributed by atoms with Crippen molar-refractivity contribution in [3.05, 3.63) is 48.4 Å². The fourth-order valence-corrected chi connectivity index (χ4v) is 3.32. The molecular weight excluding hydrogens is 328 g/mol. The van der Waals surface area contributed by atoms with Crippen LogP contribution >= 0.6 is 0 Å². The molecule has 7 nitrogen and oxygen atoms in total. The lowest BCUT2D eigenvalue weighted by Gasteiger charge is -2.37. The van der Waals surface area contributed by atoms with Gasteiger partial charge >= 0.3 is 0 Å². The van der Waals surface area contributed by atoms with Gasteiger partial charge in [0, 0.05) is 43.8 Å². The van der Waals surface area contributed by atoms with Gasteiger partial charge in [-0.3, -0.25) is 4.98 Å². The minimum atomic E-state index is 0.560. The summed E-state index contributed by atoms with van der Waals surface area (Å²) in [5.41, 5.74) is 2.49. The van der Waals surface area contributed by atoms with Crippen LogP contribution in [0.1, 0.15) is 5.56 Å². The van der Waals surface area contributed by atoms with Crippen LogP contribution in [-0.4, -0.2) is 48.2 Å². The normalized spacial score (nSPS) is 14.3. The number of nitrogens with zero attached hydrogens (tertiary/aromatic N) is 6. The van der Waals surface area contributed by atoms with Crippen molar-refractivity contribution in [3.8, 4) is 11.9 Å². The van der Waals surface area contributed by atoms with Gasteiger partial charge in [0.15, 0.2) is 0 Å². The van der Waals surface area contributed by atoms with Crippen molar-refractivity contribution in [1.29, 1.82) is 5.26 Å². The number of fused-ring (bicyclic) bond motifs is 1. The summed E-state index contributed by atoms with van der Waals surface area (Å²) in [7, 11) is 1.60. The molecule has 1 saturated heterocycles. The summed E-state index contributed by atoms with van der Waals surface area (Å²) in [5, 5.41) is 10.6. The Bertz CT molecular complexity index is 975. The van der Waals surface area contributed by atoms with E-state index in [0.717, 1.165) is 48.6 Å². The Morgan fingerprint density at radius 2 is 1.81 bits per heavy atom. The largest absolute Gasteiger partial charge is 0.481 e. The number of piperazine rings is 1. The Kier molecular flexibility index (Phi) is 4.23. The van der Waals surface area contributed by atoms with Crippen molar-refractivity contribution in [2.24, 2.45) is 0 Å². The lowest BCUT2D eigenvalue weighted by Crippen LogP contribution is -2.47. The van der Waals surface area contributed by atoms with E-state index in [1.54, 1.807) is 13.3 Å². The first-order valence-electron chi connectivity index (χ1n) is 8.44. The number of hydrogen-bond donors (Lipinski definition) is 0. The molecule has 130 valence electrons. The standard InChI is InChI=1S/C19H18N6O/c1-26-18-10-17(22-13-23-18)24-6-8-25(9-7-24)19-14(11-20)12-21-16-5-3-2-4-15(16)19/h2-5,10,12-13H,6-9H2,1H3. The molecule has 0 bridgehead atoms. The van der Waals surface area contributed by atoms with E-state index < -0.39 is 0 Å². The Hall–Kier alpha value is -3.40. The molecule has 1 aliphatic rings. The first-order valence-corrected chi connectivity index (χ1v) is 8.44. The van der Waals surface area contributed by atoms with E-state index in [4.69, 9.17) is 4.74 Å². The van der Waals surface area contributed by atoms with Crippen LogP contribution < -0.4 is 14.5 Å². The number of nitriles is 1. The van der Waals surface area contributed by atoms with Gasteiger partial charge in [0.1, 0.15) is 18.2 Å². The maximum Gasteiger partial charge on any atom is 0.218 e. The zero-order valence-electron chi connectivity index (χ0n) is 14.5. The second-order valence-electron chi connectivity index (χ2n) is 6.04. The Labute approximate surface area is 151 Å². The number of para-hydroxylation sites is 1. The molecule has 1 aromatic carbocycles. The molecule has 1 fully saturated rings. The Morgan fingerprint density at radius 3 is 2.58 bits per heavy atom. The lowest BCUT2D eigenvalue weighted by atomic mass is 10.1. The van der Waals surface area contributed by atoms with E-state index in [0.29, 0.717) is 11.4 Å². The summed E-state index contributed by atoms with van der Waals surface area (Å²) in [6.45, 7) is 3.22. The quantitative estimate of drug-likeness (QED) is 0.719. The first-order chi connectivity index (χ1) is 12.8. The number of ether oxygens (including phenoxy) is 1. The van der Waals surface area contributed by atoms with Gasteiger partial charge in [-0.2, -0.15) is 5.26 Å². The smallest absolute Gasteiger partial charge is 0.218 e. The van der Waals surface area contributed by atoms with Crippen molar-refractivity contribution in [2.45, 2.75) is 0 Å². The van der Waals surface area contributed by atoms with Gasteiger partial charge in [-0.1, -0.05) is 18.2 Å². The molecule has 2 aromatic heterocycles. The molecule has 0 N–H and O–H groups in total. The molecule has 0 radical (unpaired) electrons. The SMILES string of the molecule is COc1cc(N2CCN(c3c(C#N)cnc4ccccc34)CC2)ncn1. The van der Waals surface area contributed by atoms with Gasteiger partial charge in [0.2, 0.25) is 5.88 Å². The molecule has 0 atom stereocenters. The topological polar surface area (TPSA) is 78.2 Å². The molecule has 0 saturated carbocycles. The number of anilines is 2. The molecule has 4 rings (SSSR count). The van der Waals surface area contributed by atoms with Crippen LogP contribution in [0.5, 0.6) is 5.88 Å². The molecule has 0 spiro atoms. The number of aromatic nitrogens is 3. The van der Waals surface area contributed by atoms with Gasteiger partial charge in [0.05, 0.1) is 23.9 Å². The van der Waals surface area contributed by atoms with Crippen molar-refractivity contribution < 1.29 is 4.74 Å². The van der Waals surface area contributed by atoms with Gasteiger partial charge < -0.3 is 14.5 Å². The van der Waals surface area contributed by atoms with Crippen LogP contribution in [0.4, 0.5) is 11.5 Å². The lowest BCUT2D eigenvalue weighted by molar-refractivity contribution is 0.396. The number of benzene rings is 1. The fourth-order valence-electron chi connectivity index (χ4n) is 3.32. The fraction of sp³-hybridized carbons (Fsp3) is 0.263. The Morgan fingerprint density at radius 1 is 1.04 bits per heavy atom. The summed E-state index contributed by atoms with van der Waals surface area (Å²) in [5.74, 6) is 1.42. The number of rotatable bonds is 3. The predicted octanol–water partition coefficient (Wildman–Crippen LogP) is 2.23. The van der Waals surface area contributed by atoms with Crippen LogP contribution in [0.15, 0.2) is 42.9 Å². The van der Waals surface area contributed by atoms with Crippen LogP contribution in [0.3, 0.4) is 0 Å². The zero-order valence-corrected chi connectivity index (χ0v) is 14.5. The van der Waals surface area contributed by atoms with Crippen molar-refractivity contribution >= 4 is 22.4 Å². The van der Waals surface area contributed by atoms with Crippen molar-refractivity contribution in [3.63, 3.8) is 0 Å². The summed E-state index contributed by atoms with van der Waals surface area (Å²) < 4.78 is 5.18. The van der Waals surface area contributed by atoms with Crippen LogP contribution in [0.25, 0.3) is 10.9 Å². The van der Waals surface area contributed by atoms with Gasteiger partial charge in [-0.25, -0.2) is 9.97 Å². The van der Waals surface area contributed by atoms with Crippen LogP contribution in [0, 0.1) is 11.3 Å². The minimum Gasteiger partial charge on any atom is -0.481 e. The molecule has 0 unspecified atom stereocenters. The molecule has 0 amide bonds. The molecule has 3 aromatic rings. The number of methoxy groups -OCH3 is 1. The van der Waals surface area contributed by atoms with Gasteiger partial charge in [0.25, 0.3) is 0 Å². The molecule has 7 heteroatoms. The third-order valence-corrected chi connectivity index (χ3v) is 4.62. The van der Waals surface area contributed by atoms with E-state index >= 15 is 0 Å². The third-order valence-electron chi connectivity index (χ3n) is 4.62. The van der Waals surface area contributed by atoms with Gasteiger partial charge in [-0.15, -0.1) is 0 Å². The molecular formula is C19H18N6O. The summed E-state index contributed by atoms with van der Waals surface area (Å²) in [4.78, 5) is 17.3. The van der Waals surface area contributed by atoms with Crippen molar-refractivity contribution in [2.75, 3.05) is 43.1 Å².